The number of hydrogen-bond acceptors (Lipinski definition) is 0. The van der Waals surface area contributed by atoms with Crippen LogP contribution in [-0.2, 0) is 0 Å². The van der Waals surface area contributed by atoms with E-state index in [1.165, 1.54) is 5.30 Å². The minimum absolute atomic E-state index is 0.205. The summed E-state index contributed by atoms with van der Waals surface area (Å²) >= 11 is 0. The highest BCUT2D eigenvalue weighted by molar-refractivity contribution is 7.89. The standard InChI is InChI=1S/C10H14BP/c1-10(2,3)12(11)9-7-5-4-6-8-9/h4-8H,1-3H3. The molecule has 0 amide bonds. The van der Waals surface area contributed by atoms with Crippen molar-refractivity contribution in [3.8, 4) is 0 Å². The smallest absolute Gasteiger partial charge is 0.116 e. The third-order valence-corrected chi connectivity index (χ3v) is 4.06. The van der Waals surface area contributed by atoms with Gasteiger partial charge in [0, 0.05) is 0 Å². The van der Waals surface area contributed by atoms with Gasteiger partial charge in [-0.15, -0.1) is 7.80 Å². The second-order valence-corrected chi connectivity index (χ2v) is 6.47. The molecule has 0 aliphatic heterocycles. The molecular weight excluding hydrogens is 162 g/mol. The van der Waals surface area contributed by atoms with Gasteiger partial charge in [-0.05, 0) is 10.5 Å². The lowest BCUT2D eigenvalue weighted by atomic mass is 10.3. The Bertz CT molecular complexity index is 238. The lowest BCUT2D eigenvalue weighted by Crippen LogP contribution is -2.18. The largest absolute Gasteiger partial charge is 0.121 e. The Kier molecular flexibility index (Phi) is 2.96. The van der Waals surface area contributed by atoms with Crippen molar-refractivity contribution in [3.05, 3.63) is 30.3 Å². The van der Waals surface area contributed by atoms with Gasteiger partial charge >= 0.3 is 0 Å². The average Bonchev–Trinajstić information content (AvgIpc) is 2.03. The molecule has 62 valence electrons. The number of hydrogen-bond donors (Lipinski definition) is 0. The van der Waals surface area contributed by atoms with Crippen molar-refractivity contribution in [1.29, 1.82) is 0 Å². The SMILES string of the molecule is [B]P(c1ccccc1)C(C)(C)C. The first-order valence-corrected chi connectivity index (χ1v) is 5.53. The summed E-state index contributed by atoms with van der Waals surface area (Å²) in [4.78, 5) is 0. The summed E-state index contributed by atoms with van der Waals surface area (Å²) in [5.74, 6) is 0. The van der Waals surface area contributed by atoms with Gasteiger partial charge in [-0.2, -0.15) is 0 Å². The van der Waals surface area contributed by atoms with Crippen LogP contribution in [0, 0.1) is 0 Å². The van der Waals surface area contributed by atoms with Crippen molar-refractivity contribution >= 4 is 20.7 Å². The van der Waals surface area contributed by atoms with Gasteiger partial charge in [0.25, 0.3) is 0 Å². The molecule has 2 radical (unpaired) electrons. The van der Waals surface area contributed by atoms with Crippen LogP contribution in [0.2, 0.25) is 0 Å². The Balaban J connectivity index is 2.86. The van der Waals surface area contributed by atoms with Crippen LogP contribution < -0.4 is 5.30 Å². The second kappa shape index (κ2) is 3.62. The first kappa shape index (κ1) is 9.80. The average molecular weight is 176 g/mol. The maximum absolute atomic E-state index is 6.14. The molecule has 0 saturated carbocycles. The Morgan fingerprint density at radius 2 is 1.58 bits per heavy atom. The van der Waals surface area contributed by atoms with E-state index in [4.69, 9.17) is 7.57 Å². The van der Waals surface area contributed by atoms with Crippen molar-refractivity contribution < 1.29 is 0 Å². The predicted octanol–water partition coefficient (Wildman–Crippen LogP) is 2.68. The molecule has 0 bridgehead atoms. The van der Waals surface area contributed by atoms with Crippen molar-refractivity contribution in [2.75, 3.05) is 0 Å². The number of rotatable bonds is 1. The summed E-state index contributed by atoms with van der Waals surface area (Å²) in [7, 11) is 5.62. The molecule has 1 unspecified atom stereocenters. The van der Waals surface area contributed by atoms with E-state index in [1.807, 2.05) is 18.2 Å². The monoisotopic (exact) mass is 176 g/mol. The highest BCUT2D eigenvalue weighted by atomic mass is 31.1. The van der Waals surface area contributed by atoms with Crippen LogP contribution in [0.3, 0.4) is 0 Å². The van der Waals surface area contributed by atoms with Gasteiger partial charge in [0.05, 0.1) is 0 Å². The third kappa shape index (κ3) is 2.35. The highest BCUT2D eigenvalue weighted by Crippen LogP contribution is 2.43. The third-order valence-electron chi connectivity index (χ3n) is 1.76. The fourth-order valence-electron chi connectivity index (χ4n) is 0.976. The summed E-state index contributed by atoms with van der Waals surface area (Å²) < 4.78 is 0. The van der Waals surface area contributed by atoms with E-state index in [-0.39, 0.29) is 5.16 Å². The molecule has 2 heteroatoms. The van der Waals surface area contributed by atoms with Crippen molar-refractivity contribution in [1.82, 2.24) is 0 Å². The summed E-state index contributed by atoms with van der Waals surface area (Å²) in [5, 5.41) is 1.48. The van der Waals surface area contributed by atoms with Crippen molar-refractivity contribution in [2.24, 2.45) is 0 Å². The fraction of sp³-hybridized carbons (Fsp3) is 0.400. The molecule has 1 aromatic rings. The van der Waals surface area contributed by atoms with Gasteiger partial charge in [-0.1, -0.05) is 51.1 Å². The van der Waals surface area contributed by atoms with E-state index in [1.54, 1.807) is 0 Å². The van der Waals surface area contributed by atoms with Crippen molar-refractivity contribution in [2.45, 2.75) is 25.9 Å². The van der Waals surface area contributed by atoms with E-state index >= 15 is 0 Å². The Morgan fingerprint density at radius 1 is 1.08 bits per heavy atom. The zero-order valence-corrected chi connectivity index (χ0v) is 8.81. The van der Waals surface area contributed by atoms with E-state index in [0.717, 1.165) is 0 Å². The van der Waals surface area contributed by atoms with E-state index in [9.17, 15) is 0 Å². The van der Waals surface area contributed by atoms with E-state index in [0.29, 0.717) is 0 Å². The molecule has 0 fully saturated rings. The first-order chi connectivity index (χ1) is 5.52. The van der Waals surface area contributed by atoms with Gasteiger partial charge < -0.3 is 0 Å². The predicted molar refractivity (Wildman–Crippen MR) is 58.5 cm³/mol. The molecular formula is C10H14BP. The fourth-order valence-corrected chi connectivity index (χ4v) is 2.24. The Morgan fingerprint density at radius 3 is 2.00 bits per heavy atom. The molecule has 0 nitrogen and oxygen atoms in total. The maximum atomic E-state index is 6.14. The molecule has 12 heavy (non-hydrogen) atoms. The second-order valence-electron chi connectivity index (χ2n) is 3.88. The minimum atomic E-state index is -0.517. The number of benzene rings is 1. The highest BCUT2D eigenvalue weighted by Gasteiger charge is 2.19. The molecule has 0 spiro atoms. The summed E-state index contributed by atoms with van der Waals surface area (Å²) in [6, 6.07) is 10.3. The minimum Gasteiger partial charge on any atom is -0.121 e. The molecule has 0 aromatic heterocycles. The van der Waals surface area contributed by atoms with Gasteiger partial charge in [0.15, 0.2) is 0 Å². The van der Waals surface area contributed by atoms with Crippen LogP contribution in [0.15, 0.2) is 30.3 Å². The quantitative estimate of drug-likeness (QED) is 0.455. The molecule has 0 aliphatic rings. The lowest BCUT2D eigenvalue weighted by Gasteiger charge is -2.28. The summed E-state index contributed by atoms with van der Waals surface area (Å²) in [6.07, 6.45) is 0. The Labute approximate surface area is 77.5 Å². The van der Waals surface area contributed by atoms with Crippen LogP contribution >= 0.6 is 7.80 Å². The maximum Gasteiger partial charge on any atom is 0.116 e. The van der Waals surface area contributed by atoms with Gasteiger partial charge in [-0.25, -0.2) is 0 Å². The van der Waals surface area contributed by atoms with Crippen LogP contribution in [0.25, 0.3) is 0 Å². The van der Waals surface area contributed by atoms with Crippen LogP contribution in [0.1, 0.15) is 20.8 Å². The Hall–Kier alpha value is -0.285. The molecule has 1 aromatic carbocycles. The van der Waals surface area contributed by atoms with Crippen LogP contribution in [0.4, 0.5) is 0 Å². The van der Waals surface area contributed by atoms with Gasteiger partial charge in [0.1, 0.15) is 7.57 Å². The molecule has 1 atom stereocenters. The van der Waals surface area contributed by atoms with E-state index < -0.39 is 7.80 Å². The van der Waals surface area contributed by atoms with Crippen LogP contribution in [0.5, 0.6) is 0 Å². The van der Waals surface area contributed by atoms with Gasteiger partial charge in [-0.3, -0.25) is 0 Å². The molecule has 0 saturated heterocycles. The van der Waals surface area contributed by atoms with Crippen molar-refractivity contribution in [3.63, 3.8) is 0 Å². The molecule has 0 N–H and O–H groups in total. The van der Waals surface area contributed by atoms with Crippen LogP contribution in [-0.4, -0.2) is 12.7 Å². The molecule has 1 rings (SSSR count). The summed E-state index contributed by atoms with van der Waals surface area (Å²) in [5.41, 5.74) is 0. The first-order valence-electron chi connectivity index (χ1n) is 4.12. The zero-order valence-electron chi connectivity index (χ0n) is 7.91. The zero-order chi connectivity index (χ0) is 9.19. The lowest BCUT2D eigenvalue weighted by molar-refractivity contribution is 0.796. The normalized spacial score (nSPS) is 14.2. The topological polar surface area (TPSA) is 0 Å². The summed E-state index contributed by atoms with van der Waals surface area (Å²) in [6.45, 7) is 6.56. The van der Waals surface area contributed by atoms with Gasteiger partial charge in [0.2, 0.25) is 0 Å². The molecule has 0 heterocycles. The molecule has 0 aliphatic carbocycles. The van der Waals surface area contributed by atoms with E-state index in [2.05, 4.69) is 32.9 Å².